The summed E-state index contributed by atoms with van der Waals surface area (Å²) in [5, 5.41) is 7.99. The topological polar surface area (TPSA) is 63.6 Å². The average Bonchev–Trinajstić information content (AvgIpc) is 2.96. The molecule has 5 nitrogen and oxygen atoms in total. The fraction of sp³-hybridized carbons (Fsp3) is 0. The van der Waals surface area contributed by atoms with Crippen molar-refractivity contribution in [2.45, 2.75) is 0 Å². The monoisotopic (exact) mass is 256 g/mol. The lowest BCUT2D eigenvalue weighted by Gasteiger charge is -2.04. The minimum Gasteiger partial charge on any atom is -0.326 e. The number of benzene rings is 1. The Bertz CT molecular complexity index is 747. The van der Waals surface area contributed by atoms with Gasteiger partial charge in [-0.05, 0) is 17.7 Å². The smallest absolute Gasteiger partial charge is 0.248 e. The maximum atomic E-state index is 13.6. The van der Waals surface area contributed by atoms with Gasteiger partial charge in [0, 0.05) is 17.8 Å². The molecule has 1 N–H and O–H groups in total. The second kappa shape index (κ2) is 4.49. The van der Waals surface area contributed by atoms with Crippen LogP contribution in [0.1, 0.15) is 0 Å². The largest absolute Gasteiger partial charge is 0.326 e. The van der Waals surface area contributed by atoms with Crippen molar-refractivity contribution in [1.82, 2.24) is 20.0 Å². The van der Waals surface area contributed by atoms with E-state index in [2.05, 4.69) is 15.2 Å². The summed E-state index contributed by atoms with van der Waals surface area (Å²) in [4.78, 5) is 15.0. The molecule has 1 aromatic carbocycles. The van der Waals surface area contributed by atoms with Crippen molar-refractivity contribution in [1.29, 1.82) is 0 Å². The van der Waals surface area contributed by atoms with Crippen molar-refractivity contribution in [2.24, 2.45) is 0 Å². The first kappa shape index (κ1) is 11.3. The molecule has 0 atom stereocenters. The summed E-state index contributed by atoms with van der Waals surface area (Å²) in [7, 11) is 0. The molecule has 0 unspecified atom stereocenters. The number of halogens is 1. The van der Waals surface area contributed by atoms with Gasteiger partial charge in [0.15, 0.2) is 0 Å². The van der Waals surface area contributed by atoms with Crippen LogP contribution >= 0.6 is 0 Å². The molecular formula is C13H9FN4O. The van der Waals surface area contributed by atoms with Gasteiger partial charge < -0.3 is 4.98 Å². The molecule has 6 heteroatoms. The van der Waals surface area contributed by atoms with Gasteiger partial charge in [-0.25, -0.2) is 4.39 Å². The molecule has 94 valence electrons. The van der Waals surface area contributed by atoms with Crippen LogP contribution in [-0.2, 0) is 0 Å². The lowest BCUT2D eigenvalue weighted by molar-refractivity contribution is 0.624. The van der Waals surface area contributed by atoms with E-state index < -0.39 is 5.82 Å². The Morgan fingerprint density at radius 3 is 2.47 bits per heavy atom. The zero-order valence-corrected chi connectivity index (χ0v) is 9.75. The molecule has 0 saturated heterocycles. The Morgan fingerprint density at radius 2 is 1.79 bits per heavy atom. The third kappa shape index (κ3) is 2.15. The molecule has 19 heavy (non-hydrogen) atoms. The summed E-state index contributed by atoms with van der Waals surface area (Å²) in [5.74, 6) is -0.468. The molecule has 0 radical (unpaired) electrons. The van der Waals surface area contributed by atoms with Gasteiger partial charge in [0.1, 0.15) is 5.82 Å². The summed E-state index contributed by atoms with van der Waals surface area (Å²) in [6, 6.07) is 8.19. The molecule has 0 aliphatic carbocycles. The lowest BCUT2D eigenvalue weighted by Crippen LogP contribution is -2.05. The van der Waals surface area contributed by atoms with Crippen molar-refractivity contribution in [2.75, 3.05) is 0 Å². The minimum absolute atomic E-state index is 0.267. The van der Waals surface area contributed by atoms with Crippen LogP contribution in [0.4, 0.5) is 4.39 Å². The molecule has 2 heterocycles. The Hall–Kier alpha value is -2.76. The van der Waals surface area contributed by atoms with E-state index in [-0.39, 0.29) is 11.1 Å². The maximum absolute atomic E-state index is 13.6. The summed E-state index contributed by atoms with van der Waals surface area (Å²) in [6.07, 6.45) is 4.20. The van der Waals surface area contributed by atoms with E-state index in [4.69, 9.17) is 0 Å². The van der Waals surface area contributed by atoms with E-state index in [1.807, 2.05) is 0 Å². The molecule has 0 aliphatic rings. The second-order valence-electron chi connectivity index (χ2n) is 3.92. The predicted octanol–water partition coefficient (Wildman–Crippen LogP) is 1.76. The molecule has 0 fully saturated rings. The highest BCUT2D eigenvalue weighted by molar-refractivity contribution is 5.64. The highest BCUT2D eigenvalue weighted by atomic mass is 19.1. The van der Waals surface area contributed by atoms with Crippen molar-refractivity contribution in [3.8, 4) is 16.8 Å². The van der Waals surface area contributed by atoms with E-state index in [0.717, 1.165) is 11.9 Å². The van der Waals surface area contributed by atoms with Crippen LogP contribution in [0.15, 0.2) is 53.7 Å². The zero-order valence-electron chi connectivity index (χ0n) is 9.75. The molecule has 0 saturated carbocycles. The molecule has 0 bridgehead atoms. The van der Waals surface area contributed by atoms with Gasteiger partial charge in [-0.15, -0.1) is 0 Å². The van der Waals surface area contributed by atoms with E-state index >= 15 is 0 Å². The highest BCUT2D eigenvalue weighted by Crippen LogP contribution is 2.21. The summed E-state index contributed by atoms with van der Waals surface area (Å²) in [6.45, 7) is 0. The number of aromatic nitrogens is 4. The van der Waals surface area contributed by atoms with Gasteiger partial charge in [0.25, 0.3) is 0 Å². The number of hydrogen-bond donors (Lipinski definition) is 1. The van der Waals surface area contributed by atoms with E-state index in [0.29, 0.717) is 5.56 Å². The van der Waals surface area contributed by atoms with Gasteiger partial charge in [0.2, 0.25) is 5.56 Å². The SMILES string of the molecule is O=c1cc(-c2ccc(-n3nccn3)cc2)c(F)c[nH]1. The van der Waals surface area contributed by atoms with E-state index in [1.54, 1.807) is 36.7 Å². The molecule has 0 aliphatic heterocycles. The van der Waals surface area contributed by atoms with Gasteiger partial charge in [-0.2, -0.15) is 15.0 Å². The number of hydrogen-bond acceptors (Lipinski definition) is 3. The van der Waals surface area contributed by atoms with E-state index in [9.17, 15) is 9.18 Å². The van der Waals surface area contributed by atoms with Crippen LogP contribution in [0.2, 0.25) is 0 Å². The van der Waals surface area contributed by atoms with Gasteiger partial charge >= 0.3 is 0 Å². The number of pyridine rings is 1. The van der Waals surface area contributed by atoms with E-state index in [1.165, 1.54) is 10.9 Å². The van der Waals surface area contributed by atoms with Crippen LogP contribution in [0.25, 0.3) is 16.8 Å². The number of aromatic amines is 1. The third-order valence-electron chi connectivity index (χ3n) is 2.70. The third-order valence-corrected chi connectivity index (χ3v) is 2.70. The molecule has 2 aromatic heterocycles. The molecule has 3 aromatic rings. The van der Waals surface area contributed by atoms with Crippen molar-refractivity contribution < 1.29 is 4.39 Å². The fourth-order valence-electron chi connectivity index (χ4n) is 1.80. The normalized spacial score (nSPS) is 10.6. The maximum Gasteiger partial charge on any atom is 0.248 e. The summed E-state index contributed by atoms with van der Waals surface area (Å²) in [5.41, 5.74) is 1.32. The summed E-state index contributed by atoms with van der Waals surface area (Å²) >= 11 is 0. The zero-order chi connectivity index (χ0) is 13.2. The molecule has 0 amide bonds. The highest BCUT2D eigenvalue weighted by Gasteiger charge is 2.06. The first-order valence-corrected chi connectivity index (χ1v) is 5.59. The fourth-order valence-corrected chi connectivity index (χ4v) is 1.80. The van der Waals surface area contributed by atoms with Crippen LogP contribution in [0.3, 0.4) is 0 Å². The Kier molecular flexibility index (Phi) is 2.68. The first-order valence-electron chi connectivity index (χ1n) is 5.59. The number of nitrogens with zero attached hydrogens (tertiary/aromatic N) is 3. The molecule has 0 spiro atoms. The van der Waals surface area contributed by atoms with Crippen LogP contribution in [0.5, 0.6) is 0 Å². The van der Waals surface area contributed by atoms with Gasteiger partial charge in [0.05, 0.1) is 18.1 Å². The lowest BCUT2D eigenvalue weighted by atomic mass is 10.1. The molecular weight excluding hydrogens is 247 g/mol. The van der Waals surface area contributed by atoms with Crippen molar-refractivity contribution in [3.05, 3.63) is 65.1 Å². The predicted molar refractivity (Wildman–Crippen MR) is 67.4 cm³/mol. The average molecular weight is 256 g/mol. The second-order valence-corrected chi connectivity index (χ2v) is 3.92. The Morgan fingerprint density at radius 1 is 1.11 bits per heavy atom. The number of rotatable bonds is 2. The van der Waals surface area contributed by atoms with Crippen LogP contribution in [0, 0.1) is 5.82 Å². The standard InChI is InChI=1S/C13H9FN4O/c14-12-8-15-13(19)7-11(12)9-1-3-10(4-2-9)18-16-5-6-17-18/h1-8H,(H,15,19). The van der Waals surface area contributed by atoms with Crippen molar-refractivity contribution in [3.63, 3.8) is 0 Å². The van der Waals surface area contributed by atoms with Crippen molar-refractivity contribution >= 4 is 0 Å². The van der Waals surface area contributed by atoms with Crippen LogP contribution < -0.4 is 5.56 Å². The quantitative estimate of drug-likeness (QED) is 0.759. The van der Waals surface area contributed by atoms with Gasteiger partial charge in [-0.3, -0.25) is 4.79 Å². The number of nitrogens with one attached hydrogen (secondary N) is 1. The first-order chi connectivity index (χ1) is 9.24. The Balaban J connectivity index is 2.03. The summed E-state index contributed by atoms with van der Waals surface area (Å²) < 4.78 is 13.6. The minimum atomic E-state index is -0.468. The van der Waals surface area contributed by atoms with Crippen LogP contribution in [-0.4, -0.2) is 20.0 Å². The number of H-pyrrole nitrogens is 1. The Labute approximate surface area is 107 Å². The van der Waals surface area contributed by atoms with Gasteiger partial charge in [-0.1, -0.05) is 12.1 Å². The molecule has 3 rings (SSSR count).